The van der Waals surface area contributed by atoms with E-state index in [1.165, 1.54) is 0 Å². The molecular formula is C14H18ClN3O2. The van der Waals surface area contributed by atoms with E-state index in [1.807, 2.05) is 35.9 Å². The second-order valence-corrected chi connectivity index (χ2v) is 4.95. The SMILES string of the molecule is Cc1c(CO)nnn1CCCCOc1ccc(Cl)cc1. The van der Waals surface area contributed by atoms with E-state index in [9.17, 15) is 0 Å². The van der Waals surface area contributed by atoms with Crippen LogP contribution in [0.5, 0.6) is 5.75 Å². The molecule has 0 unspecified atom stereocenters. The van der Waals surface area contributed by atoms with Crippen molar-refractivity contribution in [3.8, 4) is 5.75 Å². The summed E-state index contributed by atoms with van der Waals surface area (Å²) in [6.07, 6.45) is 1.87. The molecule has 1 heterocycles. The Morgan fingerprint density at radius 2 is 2.00 bits per heavy atom. The smallest absolute Gasteiger partial charge is 0.119 e. The van der Waals surface area contributed by atoms with Gasteiger partial charge in [-0.25, -0.2) is 4.68 Å². The predicted octanol–water partition coefficient (Wildman–Crippen LogP) is 2.59. The minimum atomic E-state index is -0.0640. The highest BCUT2D eigenvalue weighted by Crippen LogP contribution is 2.15. The Morgan fingerprint density at radius 1 is 1.25 bits per heavy atom. The second kappa shape index (κ2) is 7.26. The zero-order chi connectivity index (χ0) is 14.4. The standard InChI is InChI=1S/C14H18ClN3O2/c1-11-14(10-19)16-17-18(11)8-2-3-9-20-13-6-4-12(15)5-7-13/h4-7,19H,2-3,8-10H2,1H3. The van der Waals surface area contributed by atoms with Gasteiger partial charge in [-0.1, -0.05) is 16.8 Å². The van der Waals surface area contributed by atoms with Gasteiger partial charge < -0.3 is 9.84 Å². The molecule has 0 aliphatic heterocycles. The van der Waals surface area contributed by atoms with Crippen LogP contribution in [0.25, 0.3) is 0 Å². The Hall–Kier alpha value is -1.59. The largest absolute Gasteiger partial charge is 0.494 e. The molecule has 5 nitrogen and oxygen atoms in total. The zero-order valence-corrected chi connectivity index (χ0v) is 12.2. The van der Waals surface area contributed by atoms with Gasteiger partial charge in [0.2, 0.25) is 0 Å². The molecule has 108 valence electrons. The molecule has 0 radical (unpaired) electrons. The van der Waals surface area contributed by atoms with E-state index in [-0.39, 0.29) is 6.61 Å². The fraction of sp³-hybridized carbons (Fsp3) is 0.429. The maximum absolute atomic E-state index is 9.04. The first kappa shape index (κ1) is 14.8. The van der Waals surface area contributed by atoms with E-state index in [1.54, 1.807) is 0 Å². The summed E-state index contributed by atoms with van der Waals surface area (Å²) in [5.41, 5.74) is 1.56. The van der Waals surface area contributed by atoms with Crippen LogP contribution in [0.4, 0.5) is 0 Å². The van der Waals surface area contributed by atoms with Crippen LogP contribution in [0.15, 0.2) is 24.3 Å². The molecule has 0 fully saturated rings. The topological polar surface area (TPSA) is 60.2 Å². The normalized spacial score (nSPS) is 10.8. The van der Waals surface area contributed by atoms with Crippen molar-refractivity contribution in [2.24, 2.45) is 0 Å². The Balaban J connectivity index is 1.68. The van der Waals surface area contributed by atoms with Crippen LogP contribution in [-0.4, -0.2) is 26.7 Å². The molecule has 0 atom stereocenters. The van der Waals surface area contributed by atoms with Crippen LogP contribution in [-0.2, 0) is 13.2 Å². The number of ether oxygens (including phenoxy) is 1. The maximum atomic E-state index is 9.04. The summed E-state index contributed by atoms with van der Waals surface area (Å²) >= 11 is 5.80. The van der Waals surface area contributed by atoms with Crippen LogP contribution in [0, 0.1) is 6.92 Å². The quantitative estimate of drug-likeness (QED) is 0.798. The number of aliphatic hydroxyl groups excluding tert-OH is 1. The molecule has 0 saturated heterocycles. The van der Waals surface area contributed by atoms with E-state index in [2.05, 4.69) is 10.3 Å². The summed E-state index contributed by atoms with van der Waals surface area (Å²) in [6, 6.07) is 7.34. The molecule has 0 spiro atoms. The highest BCUT2D eigenvalue weighted by Gasteiger charge is 2.06. The number of aliphatic hydroxyl groups is 1. The molecule has 1 aromatic carbocycles. The number of hydrogen-bond acceptors (Lipinski definition) is 4. The number of aryl methyl sites for hydroxylation is 1. The van der Waals surface area contributed by atoms with Crippen LogP contribution in [0.3, 0.4) is 0 Å². The minimum absolute atomic E-state index is 0.0640. The highest BCUT2D eigenvalue weighted by atomic mass is 35.5. The minimum Gasteiger partial charge on any atom is -0.494 e. The van der Waals surface area contributed by atoms with Crippen molar-refractivity contribution in [1.29, 1.82) is 0 Å². The van der Waals surface area contributed by atoms with Gasteiger partial charge in [-0.2, -0.15) is 0 Å². The van der Waals surface area contributed by atoms with Crippen LogP contribution in [0.2, 0.25) is 5.02 Å². The number of unbranched alkanes of at least 4 members (excludes halogenated alkanes) is 1. The Morgan fingerprint density at radius 3 is 2.65 bits per heavy atom. The Bertz CT molecular complexity index is 540. The Labute approximate surface area is 123 Å². The van der Waals surface area contributed by atoms with Crippen LogP contribution < -0.4 is 4.74 Å². The van der Waals surface area contributed by atoms with E-state index in [4.69, 9.17) is 21.4 Å². The van der Waals surface area contributed by atoms with Crippen molar-refractivity contribution in [2.45, 2.75) is 32.9 Å². The summed E-state index contributed by atoms with van der Waals surface area (Å²) in [6.45, 7) is 3.28. The van der Waals surface area contributed by atoms with Crippen molar-refractivity contribution in [1.82, 2.24) is 15.0 Å². The monoisotopic (exact) mass is 295 g/mol. The molecule has 2 rings (SSSR count). The number of aromatic nitrogens is 3. The lowest BCUT2D eigenvalue weighted by molar-refractivity contribution is 0.275. The third kappa shape index (κ3) is 3.95. The van der Waals surface area contributed by atoms with Gasteiger partial charge in [0.15, 0.2) is 0 Å². The molecular weight excluding hydrogens is 278 g/mol. The predicted molar refractivity (Wildman–Crippen MR) is 76.9 cm³/mol. The van der Waals surface area contributed by atoms with Gasteiger partial charge in [-0.05, 0) is 44.0 Å². The number of benzene rings is 1. The Kier molecular flexibility index (Phi) is 5.38. The third-order valence-corrected chi connectivity index (χ3v) is 3.33. The van der Waals surface area contributed by atoms with Gasteiger partial charge >= 0.3 is 0 Å². The molecule has 0 amide bonds. The number of hydrogen-bond donors (Lipinski definition) is 1. The van der Waals surface area contributed by atoms with E-state index in [0.717, 1.165) is 30.8 Å². The maximum Gasteiger partial charge on any atom is 0.119 e. The molecule has 0 bridgehead atoms. The van der Waals surface area contributed by atoms with Crippen molar-refractivity contribution in [3.63, 3.8) is 0 Å². The van der Waals surface area contributed by atoms with E-state index < -0.39 is 0 Å². The second-order valence-electron chi connectivity index (χ2n) is 4.51. The summed E-state index contributed by atoms with van der Waals surface area (Å²) in [4.78, 5) is 0. The number of rotatable bonds is 7. The first-order valence-corrected chi connectivity index (χ1v) is 6.96. The molecule has 0 aliphatic carbocycles. The highest BCUT2D eigenvalue weighted by molar-refractivity contribution is 6.30. The summed E-state index contributed by atoms with van der Waals surface area (Å²) in [5, 5.41) is 17.7. The fourth-order valence-corrected chi connectivity index (χ4v) is 1.97. The van der Waals surface area contributed by atoms with Crippen molar-refractivity contribution < 1.29 is 9.84 Å². The van der Waals surface area contributed by atoms with E-state index >= 15 is 0 Å². The van der Waals surface area contributed by atoms with Gasteiger partial charge in [0, 0.05) is 11.6 Å². The molecule has 1 N–H and O–H groups in total. The third-order valence-electron chi connectivity index (χ3n) is 3.07. The van der Waals surface area contributed by atoms with Gasteiger partial charge in [0.1, 0.15) is 11.4 Å². The van der Waals surface area contributed by atoms with Gasteiger partial charge in [0.05, 0.1) is 18.9 Å². The van der Waals surface area contributed by atoms with Crippen LogP contribution >= 0.6 is 11.6 Å². The summed E-state index contributed by atoms with van der Waals surface area (Å²) in [5.74, 6) is 0.828. The lowest BCUT2D eigenvalue weighted by Gasteiger charge is -2.06. The van der Waals surface area contributed by atoms with Crippen molar-refractivity contribution >= 4 is 11.6 Å². The molecule has 1 aromatic heterocycles. The van der Waals surface area contributed by atoms with Crippen LogP contribution in [0.1, 0.15) is 24.2 Å². The van der Waals surface area contributed by atoms with Crippen molar-refractivity contribution in [3.05, 3.63) is 40.7 Å². The first-order valence-electron chi connectivity index (χ1n) is 6.59. The average Bonchev–Trinajstić information content (AvgIpc) is 2.81. The molecule has 2 aromatic rings. The average molecular weight is 296 g/mol. The van der Waals surface area contributed by atoms with Gasteiger partial charge in [-0.15, -0.1) is 5.10 Å². The summed E-state index contributed by atoms with van der Waals surface area (Å²) < 4.78 is 7.42. The lowest BCUT2D eigenvalue weighted by atomic mass is 10.3. The number of halogens is 1. The summed E-state index contributed by atoms with van der Waals surface area (Å²) in [7, 11) is 0. The molecule has 0 aliphatic rings. The molecule has 6 heteroatoms. The van der Waals surface area contributed by atoms with Crippen molar-refractivity contribution in [2.75, 3.05) is 6.61 Å². The lowest BCUT2D eigenvalue weighted by Crippen LogP contribution is -2.05. The fourth-order valence-electron chi connectivity index (χ4n) is 1.84. The molecule has 0 saturated carbocycles. The van der Waals surface area contributed by atoms with E-state index in [0.29, 0.717) is 17.3 Å². The first-order chi connectivity index (χ1) is 9.70. The van der Waals surface area contributed by atoms with Gasteiger partial charge in [0.25, 0.3) is 0 Å². The number of nitrogens with zero attached hydrogens (tertiary/aromatic N) is 3. The molecule has 20 heavy (non-hydrogen) atoms. The van der Waals surface area contributed by atoms with Gasteiger partial charge in [-0.3, -0.25) is 0 Å². The zero-order valence-electron chi connectivity index (χ0n) is 11.4.